The molecule has 11 heavy (non-hydrogen) atoms. The zero-order valence-corrected chi connectivity index (χ0v) is 7.52. The molecular weight excluding hydrogens is 194 g/mol. The van der Waals surface area contributed by atoms with E-state index in [4.69, 9.17) is 16.2 Å². The van der Waals surface area contributed by atoms with Crippen molar-refractivity contribution in [1.29, 1.82) is 0 Å². The van der Waals surface area contributed by atoms with E-state index in [1.165, 1.54) is 7.11 Å². The standard InChI is InChI=1S/C4H10ClNO4S/c1-10-3-2-4(5)6-11(7,8)9/h4,6H,2-3H2,1H3,(H,7,8,9). The minimum atomic E-state index is -4.19. The van der Waals surface area contributed by atoms with Crippen LogP contribution >= 0.6 is 11.6 Å². The van der Waals surface area contributed by atoms with Gasteiger partial charge in [-0.05, 0) is 0 Å². The summed E-state index contributed by atoms with van der Waals surface area (Å²) in [5.74, 6) is 0. The predicted octanol–water partition coefficient (Wildman–Crippen LogP) is -0.0198. The van der Waals surface area contributed by atoms with Crippen LogP contribution in [0.2, 0.25) is 0 Å². The van der Waals surface area contributed by atoms with Gasteiger partial charge in [0.25, 0.3) is 0 Å². The average Bonchev–Trinajstić information content (AvgIpc) is 1.79. The van der Waals surface area contributed by atoms with Crippen LogP contribution in [0.1, 0.15) is 6.42 Å². The van der Waals surface area contributed by atoms with Crippen molar-refractivity contribution in [2.75, 3.05) is 13.7 Å². The summed E-state index contributed by atoms with van der Waals surface area (Å²) in [5.41, 5.74) is -0.829. The Morgan fingerprint density at radius 2 is 2.27 bits per heavy atom. The van der Waals surface area contributed by atoms with Crippen LogP contribution in [0.3, 0.4) is 0 Å². The first-order chi connectivity index (χ1) is 4.95. The largest absolute Gasteiger partial charge is 0.385 e. The highest BCUT2D eigenvalue weighted by Crippen LogP contribution is 1.98. The van der Waals surface area contributed by atoms with Crippen molar-refractivity contribution in [3.8, 4) is 0 Å². The molecular formula is C4H10ClNO4S. The summed E-state index contributed by atoms with van der Waals surface area (Å²) < 4.78 is 34.9. The third-order valence-electron chi connectivity index (χ3n) is 0.852. The molecule has 0 saturated heterocycles. The lowest BCUT2D eigenvalue weighted by Crippen LogP contribution is -2.30. The highest BCUT2D eigenvalue weighted by Gasteiger charge is 2.10. The fraction of sp³-hybridized carbons (Fsp3) is 1.00. The highest BCUT2D eigenvalue weighted by atomic mass is 35.5. The van der Waals surface area contributed by atoms with E-state index in [9.17, 15) is 8.42 Å². The van der Waals surface area contributed by atoms with Gasteiger partial charge < -0.3 is 4.74 Å². The van der Waals surface area contributed by atoms with Gasteiger partial charge in [-0.1, -0.05) is 0 Å². The van der Waals surface area contributed by atoms with Crippen molar-refractivity contribution in [3.05, 3.63) is 0 Å². The van der Waals surface area contributed by atoms with Crippen molar-refractivity contribution in [2.24, 2.45) is 0 Å². The summed E-state index contributed by atoms with van der Waals surface area (Å²) in [6.45, 7) is 0.330. The fourth-order valence-corrected chi connectivity index (χ4v) is 1.31. The second-order valence-electron chi connectivity index (χ2n) is 1.84. The number of hydrogen-bond donors (Lipinski definition) is 2. The Kier molecular flexibility index (Phi) is 4.94. The van der Waals surface area contributed by atoms with Crippen molar-refractivity contribution in [1.82, 2.24) is 4.72 Å². The molecule has 68 valence electrons. The van der Waals surface area contributed by atoms with E-state index in [-0.39, 0.29) is 0 Å². The molecule has 0 aliphatic carbocycles. The third kappa shape index (κ3) is 8.02. The van der Waals surface area contributed by atoms with Crippen LogP contribution in [-0.4, -0.2) is 32.2 Å². The molecule has 0 heterocycles. The van der Waals surface area contributed by atoms with Gasteiger partial charge in [0.1, 0.15) is 5.50 Å². The van der Waals surface area contributed by atoms with Crippen LogP contribution in [-0.2, 0) is 15.0 Å². The Morgan fingerprint density at radius 1 is 1.73 bits per heavy atom. The second kappa shape index (κ2) is 4.89. The van der Waals surface area contributed by atoms with Gasteiger partial charge in [0.2, 0.25) is 0 Å². The van der Waals surface area contributed by atoms with E-state index in [0.717, 1.165) is 0 Å². The highest BCUT2D eigenvalue weighted by molar-refractivity contribution is 7.83. The first kappa shape index (κ1) is 11.1. The molecule has 1 unspecified atom stereocenters. The lowest BCUT2D eigenvalue weighted by Gasteiger charge is -2.07. The van der Waals surface area contributed by atoms with Crippen molar-refractivity contribution in [3.63, 3.8) is 0 Å². The Hall–Kier alpha value is 0.120. The molecule has 0 aliphatic heterocycles. The molecule has 0 aromatic heterocycles. The van der Waals surface area contributed by atoms with Crippen LogP contribution in [0.15, 0.2) is 0 Å². The predicted molar refractivity (Wildman–Crippen MR) is 40.8 cm³/mol. The minimum absolute atomic E-state index is 0.303. The van der Waals surface area contributed by atoms with E-state index in [1.54, 1.807) is 4.72 Å². The van der Waals surface area contributed by atoms with Crippen LogP contribution in [0, 0.1) is 0 Å². The van der Waals surface area contributed by atoms with Crippen LogP contribution in [0.25, 0.3) is 0 Å². The van der Waals surface area contributed by atoms with Crippen LogP contribution in [0.5, 0.6) is 0 Å². The van der Waals surface area contributed by atoms with Crippen molar-refractivity contribution >= 4 is 21.9 Å². The van der Waals surface area contributed by atoms with Gasteiger partial charge in [-0.15, -0.1) is 11.6 Å². The molecule has 0 radical (unpaired) electrons. The second-order valence-corrected chi connectivity index (χ2v) is 3.55. The van der Waals surface area contributed by atoms with Crippen LogP contribution in [0.4, 0.5) is 0 Å². The van der Waals surface area contributed by atoms with Crippen LogP contribution < -0.4 is 4.72 Å². The SMILES string of the molecule is COCCC(Cl)NS(=O)(=O)O. The Bertz CT molecular complexity index is 192. The topological polar surface area (TPSA) is 75.6 Å². The number of alkyl halides is 1. The first-order valence-corrected chi connectivity index (χ1v) is 4.71. The van der Waals surface area contributed by atoms with E-state index in [1.807, 2.05) is 0 Å². The molecule has 2 N–H and O–H groups in total. The smallest absolute Gasteiger partial charge is 0.334 e. The molecule has 0 aliphatic rings. The van der Waals surface area contributed by atoms with Gasteiger partial charge in [0.15, 0.2) is 0 Å². The minimum Gasteiger partial charge on any atom is -0.385 e. The first-order valence-electron chi connectivity index (χ1n) is 2.83. The number of rotatable bonds is 5. The maximum atomic E-state index is 10.1. The number of methoxy groups -OCH3 is 1. The molecule has 0 aromatic carbocycles. The molecule has 0 saturated carbocycles. The lowest BCUT2D eigenvalue weighted by molar-refractivity contribution is 0.193. The normalized spacial score (nSPS) is 14.8. The van der Waals surface area contributed by atoms with E-state index in [0.29, 0.717) is 13.0 Å². The van der Waals surface area contributed by atoms with Gasteiger partial charge in [-0.2, -0.15) is 13.1 Å². The number of hydrogen-bond acceptors (Lipinski definition) is 3. The van der Waals surface area contributed by atoms with Gasteiger partial charge >= 0.3 is 10.3 Å². The fourth-order valence-electron chi connectivity index (χ4n) is 0.442. The van der Waals surface area contributed by atoms with Gasteiger partial charge in [0.05, 0.1) is 0 Å². The zero-order valence-electron chi connectivity index (χ0n) is 5.95. The lowest BCUT2D eigenvalue weighted by atomic mass is 10.5. The number of halogens is 1. The van der Waals surface area contributed by atoms with Crippen molar-refractivity contribution < 1.29 is 17.7 Å². The molecule has 0 amide bonds. The Labute approximate surface area is 70.6 Å². The maximum absolute atomic E-state index is 10.1. The Balaban J connectivity index is 3.61. The van der Waals surface area contributed by atoms with E-state index < -0.39 is 15.8 Å². The number of nitrogens with one attached hydrogen (secondary N) is 1. The zero-order chi connectivity index (χ0) is 8.91. The summed E-state index contributed by atoms with van der Waals surface area (Å²) in [4.78, 5) is 0. The summed E-state index contributed by atoms with van der Waals surface area (Å²) in [5, 5.41) is 0. The van der Waals surface area contributed by atoms with Gasteiger partial charge in [0, 0.05) is 20.1 Å². The molecule has 5 nitrogen and oxygen atoms in total. The summed E-state index contributed by atoms with van der Waals surface area (Å²) >= 11 is 5.41. The maximum Gasteiger partial charge on any atom is 0.334 e. The number of ether oxygens (including phenoxy) is 1. The third-order valence-corrected chi connectivity index (χ3v) is 1.89. The quantitative estimate of drug-likeness (QED) is 0.374. The molecule has 0 rings (SSSR count). The average molecular weight is 204 g/mol. The Morgan fingerprint density at radius 3 is 2.64 bits per heavy atom. The van der Waals surface area contributed by atoms with Gasteiger partial charge in [-0.3, -0.25) is 4.55 Å². The molecule has 0 spiro atoms. The van der Waals surface area contributed by atoms with E-state index in [2.05, 4.69) is 4.74 Å². The summed E-state index contributed by atoms with van der Waals surface area (Å²) in [7, 11) is -2.72. The molecule has 0 aromatic rings. The van der Waals surface area contributed by atoms with Crippen molar-refractivity contribution in [2.45, 2.75) is 11.9 Å². The van der Waals surface area contributed by atoms with E-state index >= 15 is 0 Å². The van der Waals surface area contributed by atoms with Gasteiger partial charge in [-0.25, -0.2) is 0 Å². The molecule has 0 bridgehead atoms. The molecule has 0 fully saturated rings. The monoisotopic (exact) mass is 203 g/mol. The molecule has 1 atom stereocenters. The summed E-state index contributed by atoms with van der Waals surface area (Å²) in [6.07, 6.45) is 0.303. The summed E-state index contributed by atoms with van der Waals surface area (Å²) in [6, 6.07) is 0. The molecule has 7 heteroatoms.